The van der Waals surface area contributed by atoms with Gasteiger partial charge in [0, 0.05) is 29.8 Å². The van der Waals surface area contributed by atoms with Crippen LogP contribution in [0.15, 0.2) is 35.1 Å². The van der Waals surface area contributed by atoms with Gasteiger partial charge in [-0.2, -0.15) is 4.98 Å². The van der Waals surface area contributed by atoms with Crippen molar-refractivity contribution in [2.24, 2.45) is 46.3 Å². The maximum Gasteiger partial charge on any atom is 0.306 e. The number of hydrogen-bond donors (Lipinski definition) is 1. The van der Waals surface area contributed by atoms with Crippen LogP contribution in [0.2, 0.25) is 5.02 Å². The highest BCUT2D eigenvalue weighted by Gasteiger charge is 2.67. The first-order valence-electron chi connectivity index (χ1n) is 21.0. The molecule has 1 aromatic carbocycles. The summed E-state index contributed by atoms with van der Waals surface area (Å²) in [7, 11) is -4.22. The minimum absolute atomic E-state index is 0.0832. The standard InChI is InChI=1S/C43H53ClF2N4O9S/c1-22-33-21-50(35(22)31(51)20-43(19-29(43)36(45)46)39(55)48-60(56,57)42(5)12-13-42)38(54)28(41(2,3)4)18-34(52)58-32-16-23-15-27(23)25(32)9-7-6-8-14-49-37(53)26-11-10-24(44)17-30(26)47-40(49)59-33/h6,8,10-11,17,22-23,25,27-29,32-33,35-36H,7,9,12-16,18-21H2,1-5H3,(H,48,55)/b8-6+/t22-,23+,25-,27+,28-,29+,32-,33+,35+,43-/m1/s1. The molecule has 1 saturated heterocycles. The van der Waals surface area contributed by atoms with Gasteiger partial charge in [-0.3, -0.25) is 33.3 Å². The highest BCUT2D eigenvalue weighted by atomic mass is 35.5. The Bertz CT molecular complexity index is 2330. The summed E-state index contributed by atoms with van der Waals surface area (Å²) in [6, 6.07) is 3.28. The van der Waals surface area contributed by atoms with Crippen LogP contribution in [-0.2, 0) is 40.5 Å². The molecule has 13 nitrogen and oxygen atoms in total. The molecule has 0 spiro atoms. The Kier molecular flexibility index (Phi) is 10.8. The molecular formula is C43H53ClF2N4O9S. The molecule has 8 rings (SSSR count). The van der Waals surface area contributed by atoms with Gasteiger partial charge in [-0.15, -0.1) is 0 Å². The van der Waals surface area contributed by atoms with Crippen LogP contribution in [-0.4, -0.2) is 82.4 Å². The van der Waals surface area contributed by atoms with Crippen LogP contribution in [0, 0.1) is 46.3 Å². The second kappa shape index (κ2) is 15.2. The minimum atomic E-state index is -4.22. The lowest BCUT2D eigenvalue weighted by molar-refractivity contribution is -0.158. The fourth-order valence-electron chi connectivity index (χ4n) is 10.1. The summed E-state index contributed by atoms with van der Waals surface area (Å²) in [6.45, 7) is 8.40. The van der Waals surface area contributed by atoms with Gasteiger partial charge in [0.1, 0.15) is 12.2 Å². The van der Waals surface area contributed by atoms with Crippen LogP contribution >= 0.6 is 11.6 Å². The number of rotatable bonds is 7. The van der Waals surface area contributed by atoms with Crippen molar-refractivity contribution in [1.29, 1.82) is 0 Å². The van der Waals surface area contributed by atoms with E-state index in [1.54, 1.807) is 39.8 Å². The van der Waals surface area contributed by atoms with Crippen LogP contribution in [0.1, 0.15) is 92.4 Å². The van der Waals surface area contributed by atoms with E-state index in [1.807, 2.05) is 16.9 Å². The number of esters is 1. The summed E-state index contributed by atoms with van der Waals surface area (Å²) in [5.74, 6) is -5.34. The van der Waals surface area contributed by atoms with Gasteiger partial charge < -0.3 is 14.4 Å². The monoisotopic (exact) mass is 874 g/mol. The van der Waals surface area contributed by atoms with Crippen LogP contribution in [0.3, 0.4) is 0 Å². The van der Waals surface area contributed by atoms with Gasteiger partial charge in [0.2, 0.25) is 28.3 Å². The predicted molar refractivity (Wildman–Crippen MR) is 216 cm³/mol. The molecule has 2 aromatic rings. The number of nitrogens with zero attached hydrogens (tertiary/aromatic N) is 3. The Labute approximate surface area is 353 Å². The van der Waals surface area contributed by atoms with E-state index >= 15 is 0 Å². The number of hydrogen-bond acceptors (Lipinski definition) is 10. The number of carbonyl (C=O) groups is 4. The molecule has 60 heavy (non-hydrogen) atoms. The molecule has 17 heteroatoms. The van der Waals surface area contributed by atoms with Crippen molar-refractivity contribution in [3.05, 3.63) is 45.7 Å². The number of fused-ring (bicyclic) bond motifs is 7. The first-order chi connectivity index (χ1) is 28.1. The first-order valence-corrected chi connectivity index (χ1v) is 22.9. The molecule has 10 atom stereocenters. The Balaban J connectivity index is 1.17. The fourth-order valence-corrected chi connectivity index (χ4v) is 11.6. The predicted octanol–water partition coefficient (Wildman–Crippen LogP) is 5.84. The zero-order valence-corrected chi connectivity index (χ0v) is 36.1. The molecule has 2 amide bonds. The average Bonchev–Trinajstić information content (AvgIpc) is 4.11. The number of aromatic nitrogens is 2. The van der Waals surface area contributed by atoms with Gasteiger partial charge >= 0.3 is 5.97 Å². The molecule has 1 N–H and O–H groups in total. The lowest BCUT2D eigenvalue weighted by Gasteiger charge is -2.35. The van der Waals surface area contributed by atoms with Crippen molar-refractivity contribution < 1.29 is 45.9 Å². The van der Waals surface area contributed by atoms with Gasteiger partial charge in [-0.1, -0.05) is 51.4 Å². The third kappa shape index (κ3) is 7.77. The third-order valence-electron chi connectivity index (χ3n) is 14.4. The van der Waals surface area contributed by atoms with Crippen molar-refractivity contribution in [3.63, 3.8) is 0 Å². The number of ketones is 1. The molecule has 3 heterocycles. The molecular weight excluding hydrogens is 822 g/mol. The molecule has 1 aromatic heterocycles. The Morgan fingerprint density at radius 2 is 1.80 bits per heavy atom. The first kappa shape index (κ1) is 42.8. The molecule has 4 aliphatic carbocycles. The molecule has 2 bridgehead atoms. The molecule has 0 unspecified atom stereocenters. The number of ether oxygens (including phenoxy) is 2. The second-order valence-corrected chi connectivity index (χ2v) is 22.1. The lowest BCUT2D eigenvalue weighted by Crippen LogP contribution is -2.50. The van der Waals surface area contributed by atoms with Crippen LogP contribution < -0.4 is 15.0 Å². The van der Waals surface area contributed by atoms with Crippen molar-refractivity contribution >= 4 is 56.1 Å². The number of allylic oxidation sites excluding steroid dienone is 2. The highest BCUT2D eigenvalue weighted by molar-refractivity contribution is 7.91. The summed E-state index contributed by atoms with van der Waals surface area (Å²) in [6.07, 6.45) is 1.94. The van der Waals surface area contributed by atoms with E-state index in [-0.39, 0.29) is 43.1 Å². The zero-order valence-electron chi connectivity index (χ0n) is 34.5. The van der Waals surface area contributed by atoms with Crippen LogP contribution in [0.5, 0.6) is 6.01 Å². The largest absolute Gasteiger partial charge is 0.462 e. The van der Waals surface area contributed by atoms with Gasteiger partial charge in [0.15, 0.2) is 5.78 Å². The van der Waals surface area contributed by atoms with E-state index in [0.29, 0.717) is 41.5 Å². The van der Waals surface area contributed by atoms with Crippen molar-refractivity contribution in [3.8, 4) is 6.01 Å². The number of alkyl halides is 2. The van der Waals surface area contributed by atoms with Gasteiger partial charge in [0.25, 0.3) is 11.6 Å². The number of sulfonamides is 1. The van der Waals surface area contributed by atoms with E-state index in [1.165, 1.54) is 22.5 Å². The van der Waals surface area contributed by atoms with E-state index in [4.69, 9.17) is 26.1 Å². The summed E-state index contributed by atoms with van der Waals surface area (Å²) in [4.78, 5) is 77.3. The minimum Gasteiger partial charge on any atom is -0.462 e. The van der Waals surface area contributed by atoms with Crippen molar-refractivity contribution in [2.75, 3.05) is 6.54 Å². The number of carbonyl (C=O) groups excluding carboxylic acids is 4. The third-order valence-corrected chi connectivity index (χ3v) is 16.8. The Morgan fingerprint density at radius 3 is 2.47 bits per heavy atom. The van der Waals surface area contributed by atoms with Crippen LogP contribution in [0.4, 0.5) is 8.78 Å². The topological polar surface area (TPSA) is 171 Å². The van der Waals surface area contributed by atoms with Gasteiger partial charge in [-0.05, 0) is 93.2 Å². The van der Waals surface area contributed by atoms with Crippen molar-refractivity contribution in [1.82, 2.24) is 19.2 Å². The maximum atomic E-state index is 15.0. The SMILES string of the molecule is C[C@@H]1[C@@H]2CN(C(=O)[C@H](C(C)(C)C)CC(=O)O[C@@H]3C[C@@H]4C[C@@H]4[C@H]3CC/C=C/Cn3c(nc4cc(Cl)ccc4c3=O)O2)[C@@H]1C(=O)C[C@]1(C(=O)NS(=O)(=O)C2(C)CC2)C[C@H]1C(F)F. The van der Waals surface area contributed by atoms with E-state index in [9.17, 15) is 41.2 Å². The number of amides is 2. The molecule has 2 aliphatic heterocycles. The van der Waals surface area contributed by atoms with E-state index < -0.39 is 104 Å². The zero-order chi connectivity index (χ0) is 43.3. The van der Waals surface area contributed by atoms with Gasteiger partial charge in [-0.25, -0.2) is 17.2 Å². The fraction of sp³-hybridized carbons (Fsp3) is 0.674. The summed E-state index contributed by atoms with van der Waals surface area (Å²) < 4.78 is 69.8. The van der Waals surface area contributed by atoms with Crippen molar-refractivity contribution in [2.45, 2.75) is 128 Å². The summed E-state index contributed by atoms with van der Waals surface area (Å²) in [5, 5.41) is 0.638. The molecule has 5 fully saturated rings. The maximum absolute atomic E-state index is 15.0. The Morgan fingerprint density at radius 1 is 1.07 bits per heavy atom. The summed E-state index contributed by atoms with van der Waals surface area (Å²) in [5.41, 5.74) is -2.98. The number of halogens is 3. The number of benzene rings is 1. The number of nitrogens with one attached hydrogen (secondary N) is 1. The number of Topliss-reactive ketones (excluding diaryl/α,β-unsaturated/α-hetero) is 1. The van der Waals surface area contributed by atoms with E-state index in [0.717, 1.165) is 19.3 Å². The average molecular weight is 875 g/mol. The molecule has 0 radical (unpaired) electrons. The molecule has 6 aliphatic rings. The van der Waals surface area contributed by atoms with Crippen LogP contribution in [0.25, 0.3) is 10.9 Å². The summed E-state index contributed by atoms with van der Waals surface area (Å²) >= 11 is 6.30. The lowest BCUT2D eigenvalue weighted by atomic mass is 9.77. The normalized spacial score (nSPS) is 34.4. The molecule has 4 saturated carbocycles. The highest BCUT2D eigenvalue weighted by Crippen LogP contribution is 2.60. The quantitative estimate of drug-likeness (QED) is 0.263. The van der Waals surface area contributed by atoms with Gasteiger partial charge in [0.05, 0.1) is 46.0 Å². The van der Waals surface area contributed by atoms with E-state index in [2.05, 4.69) is 0 Å². The second-order valence-electron chi connectivity index (χ2n) is 19.5. The Hall–Kier alpha value is -3.92. The smallest absolute Gasteiger partial charge is 0.306 e. The molecule has 326 valence electrons.